The highest BCUT2D eigenvalue weighted by molar-refractivity contribution is 5.14. The first kappa shape index (κ1) is 13.6. The van der Waals surface area contributed by atoms with Crippen LogP contribution in [-0.4, -0.2) is 30.1 Å². The Labute approximate surface area is 118 Å². The molecule has 2 aliphatic heterocycles. The molecule has 2 heterocycles. The summed E-state index contributed by atoms with van der Waals surface area (Å²) in [6.07, 6.45) is 16.1. The predicted molar refractivity (Wildman–Crippen MR) is 81.1 cm³/mol. The molecule has 108 valence electrons. The molecule has 0 aromatic carbocycles. The molecule has 2 heteroatoms. The number of nitrogens with zero attached hydrogens (tertiary/aromatic N) is 1. The summed E-state index contributed by atoms with van der Waals surface area (Å²) >= 11 is 0. The van der Waals surface area contributed by atoms with Crippen LogP contribution in [0.1, 0.15) is 64.2 Å². The molecule has 2 saturated heterocycles. The molecule has 0 amide bonds. The quantitative estimate of drug-likeness (QED) is 0.772. The van der Waals surface area contributed by atoms with Gasteiger partial charge in [0.15, 0.2) is 0 Å². The van der Waals surface area contributed by atoms with Gasteiger partial charge in [-0.25, -0.2) is 0 Å². The van der Waals surface area contributed by atoms with Gasteiger partial charge in [0.2, 0.25) is 0 Å². The Morgan fingerprint density at radius 1 is 1.11 bits per heavy atom. The average molecular weight is 262 g/mol. The Morgan fingerprint density at radius 2 is 1.79 bits per heavy atom. The van der Waals surface area contributed by atoms with Gasteiger partial charge in [0, 0.05) is 18.1 Å². The van der Waals surface area contributed by atoms with Crippen molar-refractivity contribution in [3.05, 3.63) is 11.6 Å². The third kappa shape index (κ3) is 2.90. The van der Waals surface area contributed by atoms with Crippen LogP contribution in [0.2, 0.25) is 0 Å². The largest absolute Gasteiger partial charge is 0.324 e. The van der Waals surface area contributed by atoms with E-state index in [1.54, 1.807) is 5.57 Å². The molecule has 0 spiro atoms. The lowest BCUT2D eigenvalue weighted by Gasteiger charge is -2.39. The Kier molecular flexibility index (Phi) is 4.28. The van der Waals surface area contributed by atoms with Gasteiger partial charge in [-0.2, -0.15) is 0 Å². The van der Waals surface area contributed by atoms with E-state index >= 15 is 0 Å². The summed E-state index contributed by atoms with van der Waals surface area (Å²) in [5.74, 6) is 0.749. The van der Waals surface area contributed by atoms with Gasteiger partial charge in [-0.1, -0.05) is 24.5 Å². The molecule has 2 fully saturated rings. The third-order valence-corrected chi connectivity index (χ3v) is 5.90. The summed E-state index contributed by atoms with van der Waals surface area (Å²) in [5.41, 5.74) is 8.25. The van der Waals surface area contributed by atoms with E-state index in [0.717, 1.165) is 18.0 Å². The summed E-state index contributed by atoms with van der Waals surface area (Å²) in [7, 11) is 2.32. The van der Waals surface area contributed by atoms with E-state index in [9.17, 15) is 0 Å². The molecule has 19 heavy (non-hydrogen) atoms. The number of nitrogens with two attached hydrogens (primary N) is 1. The van der Waals surface area contributed by atoms with E-state index in [4.69, 9.17) is 5.73 Å². The Hall–Kier alpha value is -0.340. The normalized spacial score (nSPS) is 38.4. The summed E-state index contributed by atoms with van der Waals surface area (Å²) in [6, 6.07) is 2.00. The van der Waals surface area contributed by atoms with Crippen molar-refractivity contribution in [3.63, 3.8) is 0 Å². The number of hydrogen-bond donors (Lipinski definition) is 1. The standard InChI is InChI=1S/C17H30N2/c1-19-15-9-10-16(19)12-14(11-15)17(18)13-7-5-3-2-4-6-8-13/h7,14-17H,2-6,8-12,18H2,1H3. The highest BCUT2D eigenvalue weighted by atomic mass is 15.2. The highest BCUT2D eigenvalue weighted by Gasteiger charge is 2.40. The summed E-state index contributed by atoms with van der Waals surface area (Å²) in [4.78, 5) is 2.62. The van der Waals surface area contributed by atoms with E-state index in [1.807, 2.05) is 0 Å². The van der Waals surface area contributed by atoms with Crippen molar-refractivity contribution < 1.29 is 0 Å². The molecule has 3 atom stereocenters. The zero-order chi connectivity index (χ0) is 13.2. The van der Waals surface area contributed by atoms with Crippen molar-refractivity contribution >= 4 is 0 Å². The van der Waals surface area contributed by atoms with Gasteiger partial charge >= 0.3 is 0 Å². The average Bonchev–Trinajstić information content (AvgIpc) is 2.61. The van der Waals surface area contributed by atoms with E-state index in [2.05, 4.69) is 18.0 Å². The lowest BCUT2D eigenvalue weighted by Crippen LogP contribution is -2.46. The smallest absolute Gasteiger partial charge is 0.0283 e. The molecular weight excluding hydrogens is 232 g/mol. The van der Waals surface area contributed by atoms with Crippen LogP contribution in [0.5, 0.6) is 0 Å². The Morgan fingerprint density at radius 3 is 2.53 bits per heavy atom. The number of allylic oxidation sites excluding steroid dienone is 1. The second-order valence-corrected chi connectivity index (χ2v) is 7.04. The highest BCUT2D eigenvalue weighted by Crippen LogP contribution is 2.40. The molecule has 0 saturated carbocycles. The minimum Gasteiger partial charge on any atom is -0.324 e. The molecule has 2 nitrogen and oxygen atoms in total. The summed E-state index contributed by atoms with van der Waals surface area (Å²) < 4.78 is 0. The molecule has 0 aromatic heterocycles. The van der Waals surface area contributed by atoms with E-state index < -0.39 is 0 Å². The monoisotopic (exact) mass is 262 g/mol. The number of rotatable bonds is 2. The Bertz CT molecular complexity index is 322. The predicted octanol–water partition coefficient (Wildman–Crippen LogP) is 3.47. The molecule has 3 aliphatic rings. The van der Waals surface area contributed by atoms with Crippen LogP contribution in [0.4, 0.5) is 0 Å². The molecule has 3 rings (SSSR count). The fraction of sp³-hybridized carbons (Fsp3) is 0.882. The maximum Gasteiger partial charge on any atom is 0.0283 e. The number of hydrogen-bond acceptors (Lipinski definition) is 2. The number of fused-ring (bicyclic) bond motifs is 2. The lowest BCUT2D eigenvalue weighted by atomic mass is 9.80. The van der Waals surface area contributed by atoms with Gasteiger partial charge in [-0.15, -0.1) is 0 Å². The van der Waals surface area contributed by atoms with E-state index in [1.165, 1.54) is 64.2 Å². The lowest BCUT2D eigenvalue weighted by molar-refractivity contribution is 0.125. The minimum atomic E-state index is 0.356. The van der Waals surface area contributed by atoms with E-state index in [-0.39, 0.29) is 0 Å². The van der Waals surface area contributed by atoms with Gasteiger partial charge in [-0.05, 0) is 64.3 Å². The minimum absolute atomic E-state index is 0.356. The fourth-order valence-electron chi connectivity index (χ4n) is 4.57. The van der Waals surface area contributed by atoms with Crippen molar-refractivity contribution in [1.29, 1.82) is 0 Å². The van der Waals surface area contributed by atoms with Gasteiger partial charge in [0.1, 0.15) is 0 Å². The van der Waals surface area contributed by atoms with Crippen LogP contribution in [0, 0.1) is 5.92 Å². The second-order valence-electron chi connectivity index (χ2n) is 7.04. The van der Waals surface area contributed by atoms with Crippen molar-refractivity contribution in [2.75, 3.05) is 7.05 Å². The fourth-order valence-corrected chi connectivity index (χ4v) is 4.57. The van der Waals surface area contributed by atoms with Crippen molar-refractivity contribution in [3.8, 4) is 0 Å². The van der Waals surface area contributed by atoms with Crippen LogP contribution in [0.25, 0.3) is 0 Å². The molecule has 2 N–H and O–H groups in total. The van der Waals surface area contributed by atoms with Crippen molar-refractivity contribution in [1.82, 2.24) is 4.90 Å². The molecular formula is C17H30N2. The first-order chi connectivity index (χ1) is 9.25. The van der Waals surface area contributed by atoms with Gasteiger partial charge in [-0.3, -0.25) is 0 Å². The van der Waals surface area contributed by atoms with Gasteiger partial charge in [0.25, 0.3) is 0 Å². The topological polar surface area (TPSA) is 29.3 Å². The second kappa shape index (κ2) is 5.97. The van der Waals surface area contributed by atoms with Gasteiger partial charge < -0.3 is 10.6 Å². The third-order valence-electron chi connectivity index (χ3n) is 5.90. The van der Waals surface area contributed by atoms with Crippen LogP contribution in [0.15, 0.2) is 11.6 Å². The zero-order valence-electron chi connectivity index (χ0n) is 12.5. The Balaban J connectivity index is 1.65. The summed E-state index contributed by atoms with van der Waals surface area (Å²) in [6.45, 7) is 0. The molecule has 0 aromatic rings. The van der Waals surface area contributed by atoms with E-state index in [0.29, 0.717) is 6.04 Å². The summed E-state index contributed by atoms with van der Waals surface area (Å²) in [5, 5.41) is 0. The van der Waals surface area contributed by atoms with Crippen LogP contribution in [0.3, 0.4) is 0 Å². The maximum absolute atomic E-state index is 6.65. The first-order valence-corrected chi connectivity index (χ1v) is 8.42. The van der Waals surface area contributed by atoms with Crippen molar-refractivity contribution in [2.45, 2.75) is 82.3 Å². The number of piperidine rings is 1. The van der Waals surface area contributed by atoms with Crippen molar-refractivity contribution in [2.24, 2.45) is 11.7 Å². The van der Waals surface area contributed by atoms with Crippen LogP contribution >= 0.6 is 0 Å². The van der Waals surface area contributed by atoms with Gasteiger partial charge in [0.05, 0.1) is 0 Å². The van der Waals surface area contributed by atoms with Crippen LogP contribution < -0.4 is 5.73 Å². The zero-order valence-corrected chi connectivity index (χ0v) is 12.5. The molecule has 3 unspecified atom stereocenters. The molecule has 0 radical (unpaired) electrons. The maximum atomic E-state index is 6.65. The van der Waals surface area contributed by atoms with Crippen LogP contribution in [-0.2, 0) is 0 Å². The SMILES string of the molecule is CN1C2CCC1CC(C(N)C1=CCCCCCC1)C2. The molecule has 1 aliphatic carbocycles. The first-order valence-electron chi connectivity index (χ1n) is 8.42. The molecule has 2 bridgehead atoms.